The lowest BCUT2D eigenvalue weighted by Gasteiger charge is -2.22. The summed E-state index contributed by atoms with van der Waals surface area (Å²) in [5, 5.41) is 9.07. The van der Waals surface area contributed by atoms with E-state index >= 15 is 0 Å². The molecule has 4 nitrogen and oxygen atoms in total. The summed E-state index contributed by atoms with van der Waals surface area (Å²) in [6, 6.07) is 4.60. The molecule has 0 aliphatic carbocycles. The third kappa shape index (κ3) is 1.21. The van der Waals surface area contributed by atoms with E-state index < -0.39 is 0 Å². The minimum atomic E-state index is 0.468. The number of aromatic nitrogens is 3. The minimum absolute atomic E-state index is 0.468. The van der Waals surface area contributed by atoms with Crippen LogP contribution in [0.5, 0.6) is 0 Å². The van der Waals surface area contributed by atoms with Crippen molar-refractivity contribution in [1.82, 2.24) is 14.8 Å². The van der Waals surface area contributed by atoms with Crippen molar-refractivity contribution < 1.29 is 0 Å². The lowest BCUT2D eigenvalue weighted by atomic mass is 10.2. The van der Waals surface area contributed by atoms with Gasteiger partial charge in [-0.2, -0.15) is 5.10 Å². The molecule has 0 saturated heterocycles. The van der Waals surface area contributed by atoms with E-state index in [9.17, 15) is 0 Å². The Balaban J connectivity index is 2.30. The minimum Gasteiger partial charge on any atom is -0.370 e. The monoisotopic (exact) mass is 202 g/mol. The van der Waals surface area contributed by atoms with E-state index in [0.29, 0.717) is 6.04 Å². The predicted molar refractivity (Wildman–Crippen MR) is 60.1 cm³/mol. The molecule has 2 aromatic heterocycles. The molecule has 0 spiro atoms. The Kier molecular flexibility index (Phi) is 1.71. The molecule has 78 valence electrons. The zero-order chi connectivity index (χ0) is 10.4. The second-order valence-electron chi connectivity index (χ2n) is 4.18. The highest BCUT2D eigenvalue weighted by Crippen LogP contribution is 2.29. The van der Waals surface area contributed by atoms with Crippen molar-refractivity contribution in [2.45, 2.75) is 26.3 Å². The first-order chi connectivity index (χ1) is 7.25. The molecular weight excluding hydrogens is 188 g/mol. The van der Waals surface area contributed by atoms with Gasteiger partial charge in [-0.3, -0.25) is 0 Å². The SMILES string of the molecule is Cc1ccc2c3n(nc2n1)C(C)CCN3. The number of hydrogen-bond donors (Lipinski definition) is 1. The lowest BCUT2D eigenvalue weighted by molar-refractivity contribution is 0.456. The van der Waals surface area contributed by atoms with E-state index in [1.165, 1.54) is 0 Å². The summed E-state index contributed by atoms with van der Waals surface area (Å²) in [6.45, 7) is 5.22. The second kappa shape index (κ2) is 2.95. The van der Waals surface area contributed by atoms with Gasteiger partial charge in [0.1, 0.15) is 5.82 Å². The Morgan fingerprint density at radius 2 is 2.33 bits per heavy atom. The fraction of sp³-hybridized carbons (Fsp3) is 0.455. The van der Waals surface area contributed by atoms with Gasteiger partial charge in [0, 0.05) is 12.2 Å². The van der Waals surface area contributed by atoms with Crippen LogP contribution in [0.15, 0.2) is 12.1 Å². The van der Waals surface area contributed by atoms with Crippen LogP contribution in [0.1, 0.15) is 25.1 Å². The van der Waals surface area contributed by atoms with Crippen molar-refractivity contribution in [3.05, 3.63) is 17.8 Å². The molecule has 0 aromatic carbocycles. The zero-order valence-corrected chi connectivity index (χ0v) is 8.99. The van der Waals surface area contributed by atoms with Gasteiger partial charge in [-0.05, 0) is 32.4 Å². The fourth-order valence-corrected chi connectivity index (χ4v) is 2.10. The van der Waals surface area contributed by atoms with Crippen molar-refractivity contribution in [3.8, 4) is 0 Å². The van der Waals surface area contributed by atoms with Gasteiger partial charge in [-0.25, -0.2) is 9.67 Å². The number of pyridine rings is 1. The van der Waals surface area contributed by atoms with E-state index in [4.69, 9.17) is 0 Å². The first-order valence-electron chi connectivity index (χ1n) is 5.35. The number of nitrogens with one attached hydrogen (secondary N) is 1. The van der Waals surface area contributed by atoms with Crippen molar-refractivity contribution in [2.75, 3.05) is 11.9 Å². The van der Waals surface area contributed by atoms with Gasteiger partial charge in [0.25, 0.3) is 0 Å². The normalized spacial score (nSPS) is 20.0. The van der Waals surface area contributed by atoms with Gasteiger partial charge in [0.05, 0.1) is 11.4 Å². The van der Waals surface area contributed by atoms with Crippen molar-refractivity contribution in [2.24, 2.45) is 0 Å². The van der Waals surface area contributed by atoms with Crippen molar-refractivity contribution >= 4 is 16.9 Å². The molecule has 1 N–H and O–H groups in total. The van der Waals surface area contributed by atoms with Crippen LogP contribution in [0.3, 0.4) is 0 Å². The average Bonchev–Trinajstić information content (AvgIpc) is 2.57. The molecule has 3 heterocycles. The highest BCUT2D eigenvalue weighted by atomic mass is 15.4. The summed E-state index contributed by atoms with van der Waals surface area (Å²) in [7, 11) is 0. The number of hydrogen-bond acceptors (Lipinski definition) is 3. The van der Waals surface area contributed by atoms with Gasteiger partial charge >= 0.3 is 0 Å². The molecule has 0 saturated carbocycles. The van der Waals surface area contributed by atoms with Gasteiger partial charge in [-0.1, -0.05) is 0 Å². The molecule has 15 heavy (non-hydrogen) atoms. The topological polar surface area (TPSA) is 42.7 Å². The number of rotatable bonds is 0. The molecule has 0 radical (unpaired) electrons. The maximum Gasteiger partial charge on any atom is 0.183 e. The Morgan fingerprint density at radius 3 is 3.20 bits per heavy atom. The Hall–Kier alpha value is -1.58. The first-order valence-corrected chi connectivity index (χ1v) is 5.35. The summed E-state index contributed by atoms with van der Waals surface area (Å²) < 4.78 is 2.06. The van der Waals surface area contributed by atoms with E-state index in [2.05, 4.69) is 33.1 Å². The number of nitrogens with zero attached hydrogens (tertiary/aromatic N) is 3. The number of fused-ring (bicyclic) bond motifs is 3. The molecule has 0 fully saturated rings. The molecule has 1 atom stereocenters. The van der Waals surface area contributed by atoms with Crippen LogP contribution in [0.2, 0.25) is 0 Å². The zero-order valence-electron chi connectivity index (χ0n) is 8.99. The first kappa shape index (κ1) is 8.71. The molecular formula is C11H14N4. The summed E-state index contributed by atoms with van der Waals surface area (Å²) in [6.07, 6.45) is 1.12. The quantitative estimate of drug-likeness (QED) is 0.711. The molecule has 3 rings (SSSR count). The number of anilines is 1. The number of aryl methyl sites for hydroxylation is 1. The van der Waals surface area contributed by atoms with E-state index in [1.54, 1.807) is 0 Å². The maximum absolute atomic E-state index is 4.54. The van der Waals surface area contributed by atoms with Gasteiger partial charge in [-0.15, -0.1) is 0 Å². The van der Waals surface area contributed by atoms with Crippen LogP contribution < -0.4 is 5.32 Å². The summed E-state index contributed by atoms with van der Waals surface area (Å²) in [4.78, 5) is 4.44. The van der Waals surface area contributed by atoms with Gasteiger partial charge in [0.2, 0.25) is 0 Å². The third-order valence-electron chi connectivity index (χ3n) is 2.97. The van der Waals surface area contributed by atoms with Crippen molar-refractivity contribution in [3.63, 3.8) is 0 Å². The van der Waals surface area contributed by atoms with Crippen LogP contribution in [0.4, 0.5) is 5.82 Å². The molecule has 1 aliphatic rings. The van der Waals surface area contributed by atoms with Crippen LogP contribution in [-0.4, -0.2) is 21.3 Å². The molecule has 1 unspecified atom stereocenters. The fourth-order valence-electron chi connectivity index (χ4n) is 2.10. The standard InChI is InChI=1S/C11H14N4/c1-7-3-4-9-10(13-7)14-15-8(2)5-6-12-11(9)15/h3-4,8,12H,5-6H2,1-2H3. The van der Waals surface area contributed by atoms with Crippen LogP contribution >= 0.6 is 0 Å². The van der Waals surface area contributed by atoms with Gasteiger partial charge in [0.15, 0.2) is 5.65 Å². The maximum atomic E-state index is 4.54. The third-order valence-corrected chi connectivity index (χ3v) is 2.97. The average molecular weight is 202 g/mol. The Labute approximate surface area is 88.3 Å². The summed E-state index contributed by atoms with van der Waals surface area (Å²) >= 11 is 0. The Bertz CT molecular complexity index is 515. The second-order valence-corrected chi connectivity index (χ2v) is 4.18. The largest absolute Gasteiger partial charge is 0.370 e. The highest BCUT2D eigenvalue weighted by molar-refractivity contribution is 5.87. The molecule has 2 aromatic rings. The molecule has 4 heteroatoms. The molecule has 1 aliphatic heterocycles. The van der Waals surface area contributed by atoms with Crippen molar-refractivity contribution in [1.29, 1.82) is 0 Å². The Morgan fingerprint density at radius 1 is 1.47 bits per heavy atom. The van der Waals surface area contributed by atoms with E-state index in [-0.39, 0.29) is 0 Å². The van der Waals surface area contributed by atoms with Crippen LogP contribution in [-0.2, 0) is 0 Å². The molecule has 0 amide bonds. The van der Waals surface area contributed by atoms with Crippen LogP contribution in [0, 0.1) is 6.92 Å². The van der Waals surface area contributed by atoms with E-state index in [0.717, 1.165) is 35.5 Å². The van der Waals surface area contributed by atoms with Gasteiger partial charge < -0.3 is 5.32 Å². The molecule has 0 bridgehead atoms. The smallest absolute Gasteiger partial charge is 0.183 e. The summed E-state index contributed by atoms with van der Waals surface area (Å²) in [5.41, 5.74) is 1.87. The summed E-state index contributed by atoms with van der Waals surface area (Å²) in [5.74, 6) is 1.12. The van der Waals surface area contributed by atoms with Crippen LogP contribution in [0.25, 0.3) is 11.0 Å². The highest BCUT2D eigenvalue weighted by Gasteiger charge is 2.20. The van der Waals surface area contributed by atoms with E-state index in [1.807, 2.05) is 13.0 Å². The lowest BCUT2D eigenvalue weighted by Crippen LogP contribution is -2.21. The predicted octanol–water partition coefficient (Wildman–Crippen LogP) is 2.12.